The lowest BCUT2D eigenvalue weighted by atomic mass is 9.75. The number of nitrogens with one attached hydrogen (secondary N) is 1. The second-order valence-corrected chi connectivity index (χ2v) is 5.44. The lowest BCUT2D eigenvalue weighted by Crippen LogP contribution is -2.35. The SMILES string of the molecule is O=C(O)c1cnc2c(c1)=CC1(C=2)CN=C2NC=CCC21. The summed E-state index contributed by atoms with van der Waals surface area (Å²) in [7, 11) is 0. The Morgan fingerprint density at radius 2 is 2.35 bits per heavy atom. The molecule has 2 atom stereocenters. The van der Waals surface area contributed by atoms with Gasteiger partial charge in [0.25, 0.3) is 0 Å². The molecule has 1 spiro atoms. The Morgan fingerprint density at radius 3 is 3.20 bits per heavy atom. The fourth-order valence-electron chi connectivity index (χ4n) is 3.25. The number of pyridine rings is 1. The standard InChI is InChI=1S/C15H13N3O2/c19-14(20)10-4-9-5-15(6-12(9)17-7-10)8-18-13-11(15)2-1-3-16-13/h1,3-7,11H,2,8H2,(H,16,18)(H,19,20). The summed E-state index contributed by atoms with van der Waals surface area (Å²) >= 11 is 0. The molecule has 3 heterocycles. The largest absolute Gasteiger partial charge is 0.478 e. The minimum Gasteiger partial charge on any atom is -0.478 e. The molecule has 0 aromatic carbocycles. The number of nitrogens with zero attached hydrogens (tertiary/aromatic N) is 2. The highest BCUT2D eigenvalue weighted by Gasteiger charge is 2.44. The molecular weight excluding hydrogens is 254 g/mol. The maximum absolute atomic E-state index is 11.0. The number of aromatic nitrogens is 1. The third kappa shape index (κ3) is 1.46. The summed E-state index contributed by atoms with van der Waals surface area (Å²) in [5.74, 6) is 0.376. The predicted octanol–water partition coefficient (Wildman–Crippen LogP) is -0.124. The molecule has 0 radical (unpaired) electrons. The number of allylic oxidation sites excluding steroid dienone is 1. The second-order valence-electron chi connectivity index (χ2n) is 5.44. The van der Waals surface area contributed by atoms with Crippen molar-refractivity contribution in [2.75, 3.05) is 6.54 Å². The van der Waals surface area contributed by atoms with Crippen LogP contribution in [0.4, 0.5) is 0 Å². The van der Waals surface area contributed by atoms with Gasteiger partial charge in [-0.1, -0.05) is 12.2 Å². The summed E-state index contributed by atoms with van der Waals surface area (Å²) in [4.78, 5) is 19.9. The smallest absolute Gasteiger partial charge is 0.337 e. The van der Waals surface area contributed by atoms with Crippen molar-refractivity contribution in [2.24, 2.45) is 16.3 Å². The Labute approximate surface area is 115 Å². The highest BCUT2D eigenvalue weighted by molar-refractivity contribution is 5.93. The van der Waals surface area contributed by atoms with Gasteiger partial charge in [0.1, 0.15) is 5.84 Å². The van der Waals surface area contributed by atoms with Gasteiger partial charge in [0, 0.05) is 17.5 Å². The fraction of sp³-hybridized carbons (Fsp3) is 0.267. The van der Waals surface area contributed by atoms with Gasteiger partial charge < -0.3 is 10.4 Å². The van der Waals surface area contributed by atoms with Gasteiger partial charge in [-0.15, -0.1) is 0 Å². The molecule has 2 N–H and O–H groups in total. The van der Waals surface area contributed by atoms with Crippen LogP contribution in [0, 0.1) is 11.3 Å². The number of aliphatic imine (C=N–C) groups is 1. The van der Waals surface area contributed by atoms with Crippen molar-refractivity contribution < 1.29 is 9.90 Å². The summed E-state index contributed by atoms with van der Waals surface area (Å²) < 4.78 is 0. The van der Waals surface area contributed by atoms with E-state index in [9.17, 15) is 4.79 Å². The molecule has 3 aliphatic rings. The quantitative estimate of drug-likeness (QED) is 0.743. The van der Waals surface area contributed by atoms with Crippen molar-refractivity contribution >= 4 is 24.0 Å². The van der Waals surface area contributed by atoms with Crippen molar-refractivity contribution in [2.45, 2.75) is 6.42 Å². The number of rotatable bonds is 1. The van der Waals surface area contributed by atoms with E-state index in [-0.39, 0.29) is 11.0 Å². The zero-order chi connectivity index (χ0) is 13.7. The zero-order valence-electron chi connectivity index (χ0n) is 10.7. The molecule has 1 aromatic heterocycles. The highest BCUT2D eigenvalue weighted by Crippen LogP contribution is 2.41. The maximum atomic E-state index is 11.0. The van der Waals surface area contributed by atoms with Crippen molar-refractivity contribution in [3.63, 3.8) is 0 Å². The molecule has 100 valence electrons. The van der Waals surface area contributed by atoms with Crippen molar-refractivity contribution in [1.82, 2.24) is 10.3 Å². The Bertz CT molecular complexity index is 794. The number of hydrogen-bond acceptors (Lipinski definition) is 4. The summed E-state index contributed by atoms with van der Waals surface area (Å²) in [6, 6.07) is 1.69. The maximum Gasteiger partial charge on any atom is 0.337 e. The van der Waals surface area contributed by atoms with E-state index in [0.717, 1.165) is 22.8 Å². The fourth-order valence-corrected chi connectivity index (χ4v) is 3.25. The lowest BCUT2D eigenvalue weighted by molar-refractivity contribution is 0.0696. The Hall–Kier alpha value is -2.43. The average Bonchev–Trinajstić information content (AvgIpc) is 3.00. The molecule has 1 aromatic rings. The van der Waals surface area contributed by atoms with E-state index in [1.807, 2.05) is 6.20 Å². The van der Waals surface area contributed by atoms with Crippen LogP contribution in [0.2, 0.25) is 0 Å². The molecule has 0 bridgehead atoms. The van der Waals surface area contributed by atoms with Crippen LogP contribution in [0.1, 0.15) is 16.8 Å². The van der Waals surface area contributed by atoms with Crippen LogP contribution in [0.25, 0.3) is 12.2 Å². The van der Waals surface area contributed by atoms with Gasteiger partial charge in [-0.2, -0.15) is 0 Å². The molecule has 2 aliphatic heterocycles. The van der Waals surface area contributed by atoms with E-state index in [4.69, 9.17) is 5.11 Å². The molecule has 5 nitrogen and oxygen atoms in total. The molecule has 0 saturated carbocycles. The van der Waals surface area contributed by atoms with Crippen molar-refractivity contribution in [3.05, 3.63) is 40.7 Å². The van der Waals surface area contributed by atoms with Crippen LogP contribution in [-0.4, -0.2) is 28.4 Å². The van der Waals surface area contributed by atoms with E-state index >= 15 is 0 Å². The summed E-state index contributed by atoms with van der Waals surface area (Å²) in [6.07, 6.45) is 10.7. The number of carboxylic acids is 1. The summed E-state index contributed by atoms with van der Waals surface area (Å²) in [6.45, 7) is 0.695. The van der Waals surface area contributed by atoms with Crippen LogP contribution in [0.3, 0.4) is 0 Å². The molecule has 2 unspecified atom stereocenters. The topological polar surface area (TPSA) is 74.6 Å². The molecule has 0 amide bonds. The molecule has 20 heavy (non-hydrogen) atoms. The van der Waals surface area contributed by atoms with Gasteiger partial charge in [0.2, 0.25) is 0 Å². The van der Waals surface area contributed by atoms with E-state index in [2.05, 4.69) is 33.5 Å². The molecule has 1 aliphatic carbocycles. The normalized spacial score (nSPS) is 29.0. The van der Waals surface area contributed by atoms with Gasteiger partial charge in [-0.3, -0.25) is 9.98 Å². The van der Waals surface area contributed by atoms with Gasteiger partial charge in [0.05, 0.1) is 17.5 Å². The van der Waals surface area contributed by atoms with Crippen LogP contribution in [-0.2, 0) is 0 Å². The van der Waals surface area contributed by atoms with Gasteiger partial charge in [-0.05, 0) is 30.0 Å². The van der Waals surface area contributed by atoms with Gasteiger partial charge in [0.15, 0.2) is 0 Å². The third-order valence-electron chi connectivity index (χ3n) is 4.25. The first kappa shape index (κ1) is 11.4. The Kier molecular flexibility index (Phi) is 2.16. The zero-order valence-corrected chi connectivity index (χ0v) is 10.7. The number of carbonyl (C=O) groups is 1. The summed E-state index contributed by atoms with van der Waals surface area (Å²) in [5, 5.41) is 14.0. The number of hydrogen-bond donors (Lipinski definition) is 2. The highest BCUT2D eigenvalue weighted by atomic mass is 16.4. The van der Waals surface area contributed by atoms with E-state index in [0.29, 0.717) is 12.5 Å². The molecule has 4 rings (SSSR count). The lowest BCUT2D eigenvalue weighted by Gasteiger charge is -2.28. The first-order chi connectivity index (χ1) is 9.68. The summed E-state index contributed by atoms with van der Waals surface area (Å²) in [5.41, 5.74) is 0.0748. The second kappa shape index (κ2) is 3.79. The van der Waals surface area contributed by atoms with Crippen molar-refractivity contribution in [1.29, 1.82) is 0 Å². The monoisotopic (exact) mass is 267 g/mol. The molecular formula is C15H13N3O2. The van der Waals surface area contributed by atoms with Crippen LogP contribution in [0.15, 0.2) is 29.5 Å². The number of amidine groups is 1. The van der Waals surface area contributed by atoms with Gasteiger partial charge >= 0.3 is 5.97 Å². The first-order valence-corrected chi connectivity index (χ1v) is 6.59. The minimum absolute atomic E-state index is 0.153. The van der Waals surface area contributed by atoms with E-state index in [1.54, 1.807) is 6.07 Å². The Morgan fingerprint density at radius 1 is 1.45 bits per heavy atom. The number of aromatic carboxylic acids is 1. The Balaban J connectivity index is 1.83. The number of fused-ring (bicyclic) bond motifs is 3. The third-order valence-corrected chi connectivity index (χ3v) is 4.25. The van der Waals surface area contributed by atoms with Crippen molar-refractivity contribution in [3.8, 4) is 0 Å². The molecule has 0 fully saturated rings. The van der Waals surface area contributed by atoms with Crippen LogP contribution >= 0.6 is 0 Å². The molecule has 5 heteroatoms. The predicted molar refractivity (Wildman–Crippen MR) is 74.5 cm³/mol. The minimum atomic E-state index is -0.944. The van der Waals surface area contributed by atoms with Gasteiger partial charge in [-0.25, -0.2) is 4.79 Å². The van der Waals surface area contributed by atoms with Crippen LogP contribution in [0.5, 0.6) is 0 Å². The van der Waals surface area contributed by atoms with E-state index in [1.165, 1.54) is 6.20 Å². The number of carboxylic acid groups (broad SMARTS) is 1. The average molecular weight is 267 g/mol. The first-order valence-electron chi connectivity index (χ1n) is 6.59. The van der Waals surface area contributed by atoms with Crippen LogP contribution < -0.4 is 15.9 Å². The van der Waals surface area contributed by atoms with E-state index < -0.39 is 5.97 Å². The molecule has 0 saturated heterocycles.